The van der Waals surface area contributed by atoms with E-state index in [4.69, 9.17) is 0 Å². The molecule has 2 rings (SSSR count). The normalized spacial score (nSPS) is 30.0. The summed E-state index contributed by atoms with van der Waals surface area (Å²) in [5, 5.41) is 16.2. The highest BCUT2D eigenvalue weighted by atomic mass is 19.4. The molecule has 1 heterocycles. The van der Waals surface area contributed by atoms with Crippen molar-refractivity contribution < 1.29 is 18.3 Å². The minimum atomic E-state index is -4.15. The Bertz CT molecular complexity index is 403. The molecule has 3 atom stereocenters. The van der Waals surface area contributed by atoms with Crippen LogP contribution in [0.3, 0.4) is 0 Å². The molecule has 8 heteroatoms. The van der Waals surface area contributed by atoms with Gasteiger partial charge in [-0.15, -0.1) is 0 Å². The molecule has 1 aliphatic carbocycles. The van der Waals surface area contributed by atoms with Crippen molar-refractivity contribution in [1.82, 2.24) is 15.5 Å². The van der Waals surface area contributed by atoms with Crippen LogP contribution in [0.4, 0.5) is 13.2 Å². The molecule has 0 aromatic carbocycles. The van der Waals surface area contributed by atoms with Crippen molar-refractivity contribution in [3.05, 3.63) is 0 Å². The van der Waals surface area contributed by atoms with Gasteiger partial charge in [-0.2, -0.15) is 13.2 Å². The van der Waals surface area contributed by atoms with Crippen LogP contribution in [0.25, 0.3) is 0 Å². The Kier molecular flexibility index (Phi) is 6.52. The van der Waals surface area contributed by atoms with Gasteiger partial charge in [0.2, 0.25) is 0 Å². The maximum Gasteiger partial charge on any atom is 0.401 e. The van der Waals surface area contributed by atoms with E-state index >= 15 is 0 Å². The quantitative estimate of drug-likeness (QED) is 0.524. The van der Waals surface area contributed by atoms with Crippen LogP contribution >= 0.6 is 0 Å². The Morgan fingerprint density at radius 3 is 2.70 bits per heavy atom. The molecular weight excluding hydrogens is 309 g/mol. The molecule has 1 saturated carbocycles. The predicted octanol–water partition coefficient (Wildman–Crippen LogP) is 1.34. The smallest absolute Gasteiger partial charge is 0.393 e. The second-order valence-electron chi connectivity index (χ2n) is 6.46. The molecule has 1 saturated heterocycles. The summed E-state index contributed by atoms with van der Waals surface area (Å²) in [6.45, 7) is 3.15. The SMILES string of the molecule is CCNC(=NCC1CCCC1O)NC1CCN(CC(F)(F)F)C1. The first-order valence-corrected chi connectivity index (χ1v) is 8.39. The zero-order chi connectivity index (χ0) is 16.9. The van der Waals surface area contributed by atoms with E-state index in [9.17, 15) is 18.3 Å². The summed E-state index contributed by atoms with van der Waals surface area (Å²) in [7, 11) is 0. The summed E-state index contributed by atoms with van der Waals surface area (Å²) in [5.74, 6) is 0.821. The maximum absolute atomic E-state index is 12.4. The number of hydrogen-bond donors (Lipinski definition) is 3. The Morgan fingerprint density at radius 1 is 1.30 bits per heavy atom. The average molecular weight is 336 g/mol. The van der Waals surface area contributed by atoms with E-state index < -0.39 is 12.7 Å². The fourth-order valence-corrected chi connectivity index (χ4v) is 3.30. The lowest BCUT2D eigenvalue weighted by Gasteiger charge is -2.20. The molecule has 0 spiro atoms. The van der Waals surface area contributed by atoms with Gasteiger partial charge in [0.05, 0.1) is 12.6 Å². The van der Waals surface area contributed by atoms with E-state index in [0.717, 1.165) is 19.3 Å². The predicted molar refractivity (Wildman–Crippen MR) is 83.4 cm³/mol. The molecule has 23 heavy (non-hydrogen) atoms. The maximum atomic E-state index is 12.4. The lowest BCUT2D eigenvalue weighted by atomic mass is 10.1. The number of rotatable bonds is 5. The first kappa shape index (κ1) is 18.3. The zero-order valence-corrected chi connectivity index (χ0v) is 13.6. The topological polar surface area (TPSA) is 59.9 Å². The number of aliphatic hydroxyl groups is 1. The Labute approximate surface area is 135 Å². The summed E-state index contributed by atoms with van der Waals surface area (Å²) < 4.78 is 37.3. The lowest BCUT2D eigenvalue weighted by Crippen LogP contribution is -2.45. The monoisotopic (exact) mass is 336 g/mol. The number of hydrogen-bond acceptors (Lipinski definition) is 3. The number of aliphatic imine (C=N–C) groups is 1. The molecule has 5 nitrogen and oxygen atoms in total. The van der Waals surface area contributed by atoms with Gasteiger partial charge in [0.25, 0.3) is 0 Å². The Morgan fingerprint density at radius 2 is 2.09 bits per heavy atom. The molecule has 0 radical (unpaired) electrons. The molecule has 0 amide bonds. The molecule has 2 aliphatic rings. The van der Waals surface area contributed by atoms with Gasteiger partial charge >= 0.3 is 6.18 Å². The van der Waals surface area contributed by atoms with Gasteiger partial charge in [-0.25, -0.2) is 0 Å². The van der Waals surface area contributed by atoms with Gasteiger partial charge in [-0.3, -0.25) is 9.89 Å². The van der Waals surface area contributed by atoms with Crippen LogP contribution in [0.15, 0.2) is 4.99 Å². The highest BCUT2D eigenvalue weighted by Crippen LogP contribution is 2.25. The van der Waals surface area contributed by atoms with E-state index in [0.29, 0.717) is 38.6 Å². The van der Waals surface area contributed by atoms with Gasteiger partial charge < -0.3 is 15.7 Å². The van der Waals surface area contributed by atoms with Gasteiger partial charge in [-0.05, 0) is 26.2 Å². The molecule has 0 aromatic rings. The molecule has 3 N–H and O–H groups in total. The minimum Gasteiger partial charge on any atom is -0.393 e. The molecular formula is C15H27F3N4O. The van der Waals surface area contributed by atoms with Crippen LogP contribution in [0.5, 0.6) is 0 Å². The summed E-state index contributed by atoms with van der Waals surface area (Å²) in [6, 6.07) is -0.0244. The molecule has 0 aromatic heterocycles. The molecule has 1 aliphatic heterocycles. The second kappa shape index (κ2) is 8.19. The van der Waals surface area contributed by atoms with Gasteiger partial charge in [0.1, 0.15) is 0 Å². The van der Waals surface area contributed by atoms with Crippen molar-refractivity contribution in [2.45, 2.75) is 50.9 Å². The highest BCUT2D eigenvalue weighted by molar-refractivity contribution is 5.80. The summed E-state index contributed by atoms with van der Waals surface area (Å²) in [6.07, 6.45) is -0.916. The van der Waals surface area contributed by atoms with Crippen LogP contribution in [-0.2, 0) is 0 Å². The van der Waals surface area contributed by atoms with E-state index in [2.05, 4.69) is 15.6 Å². The Balaban J connectivity index is 1.82. The molecule has 2 fully saturated rings. The third kappa shape index (κ3) is 6.18. The average Bonchev–Trinajstić information content (AvgIpc) is 3.04. The van der Waals surface area contributed by atoms with Crippen LogP contribution in [0, 0.1) is 5.92 Å². The zero-order valence-electron chi connectivity index (χ0n) is 13.6. The third-order valence-corrected chi connectivity index (χ3v) is 4.46. The third-order valence-electron chi connectivity index (χ3n) is 4.46. The standard InChI is InChI=1S/C15H27F3N4O/c1-2-19-14(20-8-11-4-3-5-13(11)23)21-12-6-7-22(9-12)10-15(16,17)18/h11-13,23H,2-10H2,1H3,(H2,19,20,21). The first-order valence-electron chi connectivity index (χ1n) is 8.39. The van der Waals surface area contributed by atoms with Crippen LogP contribution in [0.1, 0.15) is 32.6 Å². The minimum absolute atomic E-state index is 0.0244. The number of guanidine groups is 1. The lowest BCUT2D eigenvalue weighted by molar-refractivity contribution is -0.143. The van der Waals surface area contributed by atoms with E-state index in [1.54, 1.807) is 0 Å². The molecule has 134 valence electrons. The number of likely N-dealkylation sites (tertiary alicyclic amines) is 1. The van der Waals surface area contributed by atoms with Crippen molar-refractivity contribution in [2.24, 2.45) is 10.9 Å². The van der Waals surface area contributed by atoms with E-state index in [1.165, 1.54) is 4.90 Å². The molecule has 0 bridgehead atoms. The number of nitrogens with zero attached hydrogens (tertiary/aromatic N) is 2. The van der Waals surface area contributed by atoms with Gasteiger partial charge in [-0.1, -0.05) is 6.42 Å². The fraction of sp³-hybridized carbons (Fsp3) is 0.933. The van der Waals surface area contributed by atoms with Crippen LogP contribution < -0.4 is 10.6 Å². The summed E-state index contributed by atoms with van der Waals surface area (Å²) >= 11 is 0. The summed E-state index contributed by atoms with van der Waals surface area (Å²) in [4.78, 5) is 5.92. The van der Waals surface area contributed by atoms with E-state index in [1.807, 2.05) is 6.92 Å². The van der Waals surface area contributed by atoms with Crippen molar-refractivity contribution in [1.29, 1.82) is 0 Å². The van der Waals surface area contributed by atoms with Crippen molar-refractivity contribution in [3.63, 3.8) is 0 Å². The second-order valence-corrected chi connectivity index (χ2v) is 6.46. The van der Waals surface area contributed by atoms with Gasteiger partial charge in [0, 0.05) is 38.1 Å². The van der Waals surface area contributed by atoms with Crippen molar-refractivity contribution in [3.8, 4) is 0 Å². The fourth-order valence-electron chi connectivity index (χ4n) is 3.30. The first-order chi connectivity index (χ1) is 10.9. The van der Waals surface area contributed by atoms with Crippen molar-refractivity contribution >= 4 is 5.96 Å². The number of nitrogens with one attached hydrogen (secondary N) is 2. The number of halogens is 3. The largest absolute Gasteiger partial charge is 0.401 e. The highest BCUT2D eigenvalue weighted by Gasteiger charge is 2.34. The number of aliphatic hydroxyl groups excluding tert-OH is 1. The van der Waals surface area contributed by atoms with Crippen LogP contribution in [0.2, 0.25) is 0 Å². The van der Waals surface area contributed by atoms with E-state index in [-0.39, 0.29) is 18.1 Å². The molecule has 3 unspecified atom stereocenters. The Hall–Kier alpha value is -1.02. The van der Waals surface area contributed by atoms with Crippen molar-refractivity contribution in [2.75, 3.05) is 32.7 Å². The number of alkyl halides is 3. The summed E-state index contributed by atoms with van der Waals surface area (Å²) in [5.41, 5.74) is 0. The van der Waals surface area contributed by atoms with Crippen LogP contribution in [-0.4, -0.2) is 67.0 Å². The van der Waals surface area contributed by atoms with Gasteiger partial charge in [0.15, 0.2) is 5.96 Å².